The molecule has 0 aliphatic carbocycles. The second kappa shape index (κ2) is 9.44. The van der Waals surface area contributed by atoms with Gasteiger partial charge in [0.25, 0.3) is 0 Å². The first kappa shape index (κ1) is 17.6. The maximum Gasteiger partial charge on any atom is 0.244 e. The highest BCUT2D eigenvalue weighted by molar-refractivity contribution is 5.94. The van der Waals surface area contributed by atoms with Crippen LogP contribution < -0.4 is 20.5 Å². The summed E-state index contributed by atoms with van der Waals surface area (Å²) >= 11 is 0. The number of nitrogens with two attached hydrogens (primary N) is 1. The van der Waals surface area contributed by atoms with Crippen molar-refractivity contribution in [2.24, 2.45) is 5.73 Å². The van der Waals surface area contributed by atoms with Gasteiger partial charge in [0.1, 0.15) is 0 Å². The van der Waals surface area contributed by atoms with Crippen molar-refractivity contribution in [2.45, 2.75) is 19.8 Å². The molecular weight excluding hydrogens is 284 g/mol. The van der Waals surface area contributed by atoms with Crippen LogP contribution in [0, 0.1) is 0 Å². The second-order valence-electron chi connectivity index (χ2n) is 4.63. The maximum absolute atomic E-state index is 11.5. The molecule has 2 amide bonds. The van der Waals surface area contributed by atoms with Crippen LogP contribution in [0.2, 0.25) is 0 Å². The molecule has 1 aromatic rings. The van der Waals surface area contributed by atoms with Gasteiger partial charge in [0, 0.05) is 6.08 Å². The summed E-state index contributed by atoms with van der Waals surface area (Å²) in [5.74, 6) is 0.306. The van der Waals surface area contributed by atoms with Crippen molar-refractivity contribution >= 4 is 17.9 Å². The Morgan fingerprint density at radius 3 is 2.73 bits per heavy atom. The lowest BCUT2D eigenvalue weighted by Crippen LogP contribution is -2.32. The van der Waals surface area contributed by atoms with E-state index >= 15 is 0 Å². The molecule has 0 radical (unpaired) electrons. The molecule has 6 nitrogen and oxygen atoms in total. The number of amides is 2. The number of nitrogens with one attached hydrogen (secondary N) is 1. The molecule has 0 saturated carbocycles. The second-order valence-corrected chi connectivity index (χ2v) is 4.63. The van der Waals surface area contributed by atoms with Gasteiger partial charge in [-0.3, -0.25) is 9.59 Å². The third-order valence-electron chi connectivity index (χ3n) is 2.81. The average Bonchev–Trinajstić information content (AvgIpc) is 2.51. The van der Waals surface area contributed by atoms with E-state index in [0.29, 0.717) is 18.1 Å². The maximum atomic E-state index is 11.5. The molecule has 0 aliphatic heterocycles. The predicted octanol–water partition coefficient (Wildman–Crippen LogP) is 1.49. The van der Waals surface area contributed by atoms with E-state index in [0.717, 1.165) is 18.4 Å². The Kier molecular flexibility index (Phi) is 7.53. The monoisotopic (exact) mass is 306 g/mol. The normalized spacial score (nSPS) is 10.5. The van der Waals surface area contributed by atoms with Crippen LogP contribution >= 0.6 is 0 Å². The van der Waals surface area contributed by atoms with Gasteiger partial charge in [0.15, 0.2) is 11.5 Å². The minimum absolute atomic E-state index is 0.184. The summed E-state index contributed by atoms with van der Waals surface area (Å²) in [5, 5.41) is 2.37. The zero-order valence-corrected chi connectivity index (χ0v) is 12.9. The first-order chi connectivity index (χ1) is 10.6. The number of primary amides is 1. The molecule has 1 aromatic carbocycles. The fourth-order valence-corrected chi connectivity index (χ4v) is 1.64. The Bertz CT molecular complexity index is 541. The summed E-state index contributed by atoms with van der Waals surface area (Å²) in [6, 6.07) is 5.40. The van der Waals surface area contributed by atoms with Crippen LogP contribution in [-0.4, -0.2) is 32.1 Å². The molecule has 22 heavy (non-hydrogen) atoms. The van der Waals surface area contributed by atoms with Crippen LogP contribution in [0.15, 0.2) is 24.3 Å². The first-order valence-electron chi connectivity index (χ1n) is 7.12. The van der Waals surface area contributed by atoms with Crippen LogP contribution in [0.5, 0.6) is 11.5 Å². The molecule has 1 rings (SSSR count). The minimum Gasteiger partial charge on any atom is -0.493 e. The van der Waals surface area contributed by atoms with Crippen molar-refractivity contribution in [1.29, 1.82) is 0 Å². The number of carbonyl (C=O) groups excluding carboxylic acids is 2. The van der Waals surface area contributed by atoms with E-state index in [1.54, 1.807) is 25.3 Å². The summed E-state index contributed by atoms with van der Waals surface area (Å²) in [6.45, 7) is 2.55. The highest BCUT2D eigenvalue weighted by Crippen LogP contribution is 2.28. The average molecular weight is 306 g/mol. The summed E-state index contributed by atoms with van der Waals surface area (Å²) in [7, 11) is 1.56. The Labute approximate surface area is 130 Å². The SMILES string of the molecule is CCCCOc1ccc(/C=C/C(=O)NCC(N)=O)cc1OC. The van der Waals surface area contributed by atoms with Gasteiger partial charge in [-0.05, 0) is 30.2 Å². The van der Waals surface area contributed by atoms with E-state index < -0.39 is 5.91 Å². The van der Waals surface area contributed by atoms with Gasteiger partial charge in [-0.25, -0.2) is 0 Å². The quantitative estimate of drug-likeness (QED) is 0.534. The van der Waals surface area contributed by atoms with Crippen molar-refractivity contribution in [3.05, 3.63) is 29.8 Å². The molecule has 0 atom stereocenters. The lowest BCUT2D eigenvalue weighted by molar-refractivity contribution is -0.122. The molecule has 3 N–H and O–H groups in total. The first-order valence-corrected chi connectivity index (χ1v) is 7.12. The van der Waals surface area contributed by atoms with Crippen molar-refractivity contribution in [1.82, 2.24) is 5.32 Å². The van der Waals surface area contributed by atoms with Crippen molar-refractivity contribution in [2.75, 3.05) is 20.3 Å². The number of unbranched alkanes of at least 4 members (excludes halogenated alkanes) is 1. The van der Waals surface area contributed by atoms with E-state index in [-0.39, 0.29) is 12.5 Å². The zero-order valence-electron chi connectivity index (χ0n) is 12.9. The Hall–Kier alpha value is -2.50. The Balaban J connectivity index is 2.68. The third-order valence-corrected chi connectivity index (χ3v) is 2.81. The van der Waals surface area contributed by atoms with Crippen LogP contribution in [0.25, 0.3) is 6.08 Å². The van der Waals surface area contributed by atoms with Crippen LogP contribution in [0.1, 0.15) is 25.3 Å². The number of ether oxygens (including phenoxy) is 2. The van der Waals surface area contributed by atoms with E-state index in [2.05, 4.69) is 12.2 Å². The largest absolute Gasteiger partial charge is 0.493 e. The van der Waals surface area contributed by atoms with Crippen LogP contribution in [-0.2, 0) is 9.59 Å². The number of carbonyl (C=O) groups is 2. The minimum atomic E-state index is -0.586. The molecular formula is C16H22N2O4. The molecule has 0 bridgehead atoms. The van der Waals surface area contributed by atoms with E-state index in [9.17, 15) is 9.59 Å². The number of hydrogen-bond donors (Lipinski definition) is 2. The fourth-order valence-electron chi connectivity index (χ4n) is 1.64. The number of rotatable bonds is 9. The van der Waals surface area contributed by atoms with Crippen molar-refractivity contribution in [3.8, 4) is 11.5 Å². The predicted molar refractivity (Wildman–Crippen MR) is 84.6 cm³/mol. The molecule has 0 saturated heterocycles. The number of benzene rings is 1. The Morgan fingerprint density at radius 1 is 1.32 bits per heavy atom. The highest BCUT2D eigenvalue weighted by Gasteiger charge is 2.05. The van der Waals surface area contributed by atoms with E-state index in [1.807, 2.05) is 6.07 Å². The van der Waals surface area contributed by atoms with Gasteiger partial charge in [0.2, 0.25) is 11.8 Å². The molecule has 0 unspecified atom stereocenters. The highest BCUT2D eigenvalue weighted by atomic mass is 16.5. The van der Waals surface area contributed by atoms with Crippen molar-refractivity contribution in [3.63, 3.8) is 0 Å². The smallest absolute Gasteiger partial charge is 0.244 e. The van der Waals surface area contributed by atoms with Crippen LogP contribution in [0.3, 0.4) is 0 Å². The molecule has 0 aromatic heterocycles. The lowest BCUT2D eigenvalue weighted by atomic mass is 10.2. The van der Waals surface area contributed by atoms with Crippen molar-refractivity contribution < 1.29 is 19.1 Å². The van der Waals surface area contributed by atoms with Gasteiger partial charge >= 0.3 is 0 Å². The molecule has 0 aliphatic rings. The third kappa shape index (κ3) is 6.30. The molecule has 120 valence electrons. The zero-order chi connectivity index (χ0) is 16.4. The lowest BCUT2D eigenvalue weighted by Gasteiger charge is -2.10. The Morgan fingerprint density at radius 2 is 2.09 bits per heavy atom. The van der Waals surface area contributed by atoms with Gasteiger partial charge in [-0.15, -0.1) is 0 Å². The van der Waals surface area contributed by atoms with Gasteiger partial charge in [-0.2, -0.15) is 0 Å². The van der Waals surface area contributed by atoms with E-state index in [1.165, 1.54) is 6.08 Å². The topological polar surface area (TPSA) is 90.6 Å². The molecule has 6 heteroatoms. The van der Waals surface area contributed by atoms with Gasteiger partial charge in [0.05, 0.1) is 20.3 Å². The summed E-state index contributed by atoms with van der Waals surface area (Å²) < 4.78 is 10.9. The number of hydrogen-bond acceptors (Lipinski definition) is 4. The standard InChI is InChI=1S/C16H22N2O4/c1-3-4-9-22-13-7-5-12(10-14(13)21-2)6-8-16(20)18-11-15(17)19/h5-8,10H,3-4,9,11H2,1-2H3,(H2,17,19)(H,18,20)/b8-6+. The number of methoxy groups -OCH3 is 1. The fraction of sp³-hybridized carbons (Fsp3) is 0.375. The van der Waals surface area contributed by atoms with E-state index in [4.69, 9.17) is 15.2 Å². The van der Waals surface area contributed by atoms with Gasteiger partial charge < -0.3 is 20.5 Å². The summed E-state index contributed by atoms with van der Waals surface area (Å²) in [4.78, 5) is 22.0. The van der Waals surface area contributed by atoms with Gasteiger partial charge in [-0.1, -0.05) is 19.4 Å². The molecule has 0 fully saturated rings. The summed E-state index contributed by atoms with van der Waals surface area (Å²) in [6.07, 6.45) is 4.98. The molecule has 0 spiro atoms. The van der Waals surface area contributed by atoms with Crippen LogP contribution in [0.4, 0.5) is 0 Å². The molecule has 0 heterocycles. The summed E-state index contributed by atoms with van der Waals surface area (Å²) in [5.41, 5.74) is 5.73.